The van der Waals surface area contributed by atoms with Gasteiger partial charge in [-0.1, -0.05) is 12.5 Å². The highest BCUT2D eigenvalue weighted by Crippen LogP contribution is 2.48. The van der Waals surface area contributed by atoms with Crippen molar-refractivity contribution in [2.75, 3.05) is 6.61 Å². The molecule has 2 aliphatic carbocycles. The predicted octanol–water partition coefficient (Wildman–Crippen LogP) is 2.54. The minimum Gasteiger partial charge on any atom is -0.463 e. The minimum atomic E-state index is -0.185. The molecule has 0 aliphatic heterocycles. The molecule has 0 radical (unpaired) electrons. The highest BCUT2D eigenvalue weighted by Gasteiger charge is 2.37. The number of allylic oxidation sites excluding steroid dienone is 1. The predicted molar refractivity (Wildman–Crippen MR) is 54.7 cm³/mol. The van der Waals surface area contributed by atoms with Gasteiger partial charge in [-0.25, -0.2) is 4.79 Å². The molecule has 0 N–H and O–H groups in total. The second kappa shape index (κ2) is 4.16. The molecule has 0 aromatic carbocycles. The van der Waals surface area contributed by atoms with Gasteiger partial charge in [0.2, 0.25) is 0 Å². The average Bonchev–Trinajstić information content (AvgIpc) is 2.76. The van der Waals surface area contributed by atoms with Crippen LogP contribution in [-0.2, 0) is 9.53 Å². The maximum atomic E-state index is 11.1. The van der Waals surface area contributed by atoms with Crippen LogP contribution in [0.1, 0.15) is 32.6 Å². The Bertz CT molecular complexity index is 245. The smallest absolute Gasteiger partial charge is 0.330 e. The van der Waals surface area contributed by atoms with Gasteiger partial charge in [0, 0.05) is 6.08 Å². The van der Waals surface area contributed by atoms with Crippen LogP contribution >= 0.6 is 0 Å². The molecular formula is C12H18O2. The molecule has 2 rings (SSSR count). The van der Waals surface area contributed by atoms with Crippen LogP contribution < -0.4 is 0 Å². The van der Waals surface area contributed by atoms with Gasteiger partial charge in [-0.2, -0.15) is 0 Å². The van der Waals surface area contributed by atoms with Crippen molar-refractivity contribution in [3.05, 3.63) is 12.2 Å². The van der Waals surface area contributed by atoms with Crippen molar-refractivity contribution >= 4 is 5.97 Å². The minimum absolute atomic E-state index is 0.185. The molecular weight excluding hydrogens is 176 g/mol. The van der Waals surface area contributed by atoms with Crippen LogP contribution in [0.25, 0.3) is 0 Å². The van der Waals surface area contributed by atoms with Gasteiger partial charge in [-0.05, 0) is 43.9 Å². The molecule has 78 valence electrons. The van der Waals surface area contributed by atoms with Gasteiger partial charge in [-0.15, -0.1) is 0 Å². The molecule has 0 amide bonds. The number of hydrogen-bond acceptors (Lipinski definition) is 2. The van der Waals surface area contributed by atoms with E-state index in [0.29, 0.717) is 12.5 Å². The van der Waals surface area contributed by atoms with Crippen molar-refractivity contribution in [2.45, 2.75) is 32.6 Å². The number of fused-ring (bicyclic) bond motifs is 2. The lowest BCUT2D eigenvalue weighted by Gasteiger charge is -2.17. The average molecular weight is 194 g/mol. The molecule has 2 saturated carbocycles. The molecule has 2 bridgehead atoms. The van der Waals surface area contributed by atoms with Crippen LogP contribution in [0.4, 0.5) is 0 Å². The zero-order valence-corrected chi connectivity index (χ0v) is 8.74. The quantitative estimate of drug-likeness (QED) is 0.510. The topological polar surface area (TPSA) is 26.3 Å². The first kappa shape index (κ1) is 9.75. The van der Waals surface area contributed by atoms with E-state index < -0.39 is 0 Å². The number of hydrogen-bond donors (Lipinski definition) is 0. The number of rotatable bonds is 3. The summed E-state index contributed by atoms with van der Waals surface area (Å²) in [5.41, 5.74) is 0. The Kier molecular flexibility index (Phi) is 2.90. The lowest BCUT2D eigenvalue weighted by Crippen LogP contribution is -2.08. The second-order valence-electron chi connectivity index (χ2n) is 4.45. The van der Waals surface area contributed by atoms with Gasteiger partial charge in [0.1, 0.15) is 0 Å². The zero-order valence-electron chi connectivity index (χ0n) is 8.74. The highest BCUT2D eigenvalue weighted by atomic mass is 16.5. The fourth-order valence-corrected chi connectivity index (χ4v) is 2.92. The summed E-state index contributed by atoms with van der Waals surface area (Å²) in [6, 6.07) is 0. The Labute approximate surface area is 85.3 Å². The summed E-state index contributed by atoms with van der Waals surface area (Å²) in [7, 11) is 0. The molecule has 2 heteroatoms. The van der Waals surface area contributed by atoms with E-state index in [-0.39, 0.29) is 5.97 Å². The molecule has 0 unspecified atom stereocenters. The number of ether oxygens (including phenoxy) is 1. The molecule has 0 spiro atoms. The monoisotopic (exact) mass is 194 g/mol. The molecule has 2 aliphatic rings. The molecule has 2 nitrogen and oxygen atoms in total. The van der Waals surface area contributed by atoms with E-state index in [0.717, 1.165) is 11.8 Å². The van der Waals surface area contributed by atoms with E-state index >= 15 is 0 Å². The van der Waals surface area contributed by atoms with Crippen LogP contribution in [0.5, 0.6) is 0 Å². The molecule has 0 heterocycles. The first-order valence-corrected chi connectivity index (χ1v) is 5.64. The Morgan fingerprint density at radius 2 is 2.29 bits per heavy atom. The Morgan fingerprint density at radius 3 is 2.86 bits per heavy atom. The van der Waals surface area contributed by atoms with E-state index in [1.54, 1.807) is 6.08 Å². The van der Waals surface area contributed by atoms with Crippen molar-refractivity contribution in [3.8, 4) is 0 Å². The Balaban J connectivity index is 1.83. The summed E-state index contributed by atoms with van der Waals surface area (Å²) >= 11 is 0. The first-order chi connectivity index (χ1) is 6.79. The third-order valence-electron chi connectivity index (χ3n) is 3.56. The van der Waals surface area contributed by atoms with E-state index in [1.165, 1.54) is 25.7 Å². The van der Waals surface area contributed by atoms with Gasteiger partial charge in [0.25, 0.3) is 0 Å². The largest absolute Gasteiger partial charge is 0.463 e. The van der Waals surface area contributed by atoms with Gasteiger partial charge in [0.05, 0.1) is 6.61 Å². The molecule has 0 aromatic rings. The third kappa shape index (κ3) is 1.99. The SMILES string of the molecule is CCOC(=O)/C=C/[C@H]1C[C@H]2CC[C@H]1C2. The van der Waals surface area contributed by atoms with Crippen molar-refractivity contribution in [2.24, 2.45) is 17.8 Å². The van der Waals surface area contributed by atoms with E-state index in [4.69, 9.17) is 4.74 Å². The lowest BCUT2D eigenvalue weighted by atomic mass is 9.89. The third-order valence-corrected chi connectivity index (χ3v) is 3.56. The van der Waals surface area contributed by atoms with E-state index in [9.17, 15) is 4.79 Å². The molecule has 3 atom stereocenters. The molecule has 14 heavy (non-hydrogen) atoms. The van der Waals surface area contributed by atoms with Crippen LogP contribution in [0.2, 0.25) is 0 Å². The molecule has 0 saturated heterocycles. The van der Waals surface area contributed by atoms with Crippen LogP contribution in [0, 0.1) is 17.8 Å². The fraction of sp³-hybridized carbons (Fsp3) is 0.750. The van der Waals surface area contributed by atoms with Gasteiger partial charge in [-0.3, -0.25) is 0 Å². The van der Waals surface area contributed by atoms with Crippen LogP contribution in [-0.4, -0.2) is 12.6 Å². The Morgan fingerprint density at radius 1 is 1.43 bits per heavy atom. The lowest BCUT2D eigenvalue weighted by molar-refractivity contribution is -0.137. The summed E-state index contributed by atoms with van der Waals surface area (Å²) in [5.74, 6) is 2.26. The fourth-order valence-electron chi connectivity index (χ4n) is 2.92. The molecule has 0 aromatic heterocycles. The van der Waals surface area contributed by atoms with Gasteiger partial charge in [0.15, 0.2) is 0 Å². The standard InChI is InChI=1S/C12H18O2/c1-2-14-12(13)6-5-11-8-9-3-4-10(11)7-9/h5-6,9-11H,2-4,7-8H2,1H3/b6-5+/t9-,10-,11-/m0/s1. The van der Waals surface area contributed by atoms with Crippen LogP contribution in [0.3, 0.4) is 0 Å². The summed E-state index contributed by atoms with van der Waals surface area (Å²) < 4.78 is 4.86. The maximum absolute atomic E-state index is 11.1. The summed E-state index contributed by atoms with van der Waals surface area (Å²) in [6.45, 7) is 2.31. The van der Waals surface area contributed by atoms with Crippen molar-refractivity contribution in [1.82, 2.24) is 0 Å². The molecule has 2 fully saturated rings. The first-order valence-electron chi connectivity index (χ1n) is 5.64. The highest BCUT2D eigenvalue weighted by molar-refractivity contribution is 5.81. The summed E-state index contributed by atoms with van der Waals surface area (Å²) in [6.07, 6.45) is 9.14. The summed E-state index contributed by atoms with van der Waals surface area (Å²) in [5, 5.41) is 0. The maximum Gasteiger partial charge on any atom is 0.330 e. The summed E-state index contributed by atoms with van der Waals surface area (Å²) in [4.78, 5) is 11.1. The van der Waals surface area contributed by atoms with Gasteiger partial charge < -0.3 is 4.74 Å². The second-order valence-corrected chi connectivity index (χ2v) is 4.45. The van der Waals surface area contributed by atoms with Crippen molar-refractivity contribution < 1.29 is 9.53 Å². The number of esters is 1. The number of carbonyl (C=O) groups excluding carboxylic acids is 1. The number of carbonyl (C=O) groups is 1. The van der Waals surface area contributed by atoms with E-state index in [1.807, 2.05) is 6.92 Å². The van der Waals surface area contributed by atoms with Crippen molar-refractivity contribution in [1.29, 1.82) is 0 Å². The van der Waals surface area contributed by atoms with Gasteiger partial charge >= 0.3 is 5.97 Å². The zero-order chi connectivity index (χ0) is 9.97. The van der Waals surface area contributed by atoms with Crippen molar-refractivity contribution in [3.63, 3.8) is 0 Å². The van der Waals surface area contributed by atoms with E-state index in [2.05, 4.69) is 6.08 Å². The Hall–Kier alpha value is -0.790. The normalized spacial score (nSPS) is 35.4. The van der Waals surface area contributed by atoms with Crippen LogP contribution in [0.15, 0.2) is 12.2 Å².